The van der Waals surface area contributed by atoms with Gasteiger partial charge in [0.25, 0.3) is 5.91 Å². The van der Waals surface area contributed by atoms with Crippen molar-refractivity contribution in [1.29, 1.82) is 0 Å². The molecular formula is C12H20N4O2. The van der Waals surface area contributed by atoms with Crippen molar-refractivity contribution >= 4 is 5.91 Å². The standard InChI is InChI=1S/C12H20N4O2/c1-7(2)10-13-11(15-14-10)12(18)16-5-4-9(17)8(3)6-16/h7-9,17H,4-6H2,1-3H3,(H,13,14,15). The van der Waals surface area contributed by atoms with Gasteiger partial charge in [0.05, 0.1) is 6.10 Å². The van der Waals surface area contributed by atoms with Crippen LogP contribution in [0.2, 0.25) is 0 Å². The van der Waals surface area contributed by atoms with E-state index in [9.17, 15) is 9.90 Å². The summed E-state index contributed by atoms with van der Waals surface area (Å²) in [5.74, 6) is 1.12. The molecule has 1 aliphatic heterocycles. The second kappa shape index (κ2) is 5.06. The first-order chi connectivity index (χ1) is 8.49. The van der Waals surface area contributed by atoms with Crippen molar-refractivity contribution < 1.29 is 9.90 Å². The van der Waals surface area contributed by atoms with Crippen LogP contribution in [0, 0.1) is 5.92 Å². The number of piperidine rings is 1. The largest absolute Gasteiger partial charge is 0.393 e. The van der Waals surface area contributed by atoms with Crippen LogP contribution in [-0.2, 0) is 0 Å². The van der Waals surface area contributed by atoms with E-state index in [0.717, 1.165) is 5.82 Å². The number of aromatic nitrogens is 3. The number of amides is 1. The molecule has 1 fully saturated rings. The van der Waals surface area contributed by atoms with E-state index in [1.54, 1.807) is 4.90 Å². The van der Waals surface area contributed by atoms with E-state index in [2.05, 4.69) is 15.2 Å². The zero-order valence-electron chi connectivity index (χ0n) is 11.1. The predicted octanol–water partition coefficient (Wildman–Crippen LogP) is 0.771. The maximum Gasteiger partial charge on any atom is 0.293 e. The Morgan fingerprint density at radius 2 is 2.28 bits per heavy atom. The van der Waals surface area contributed by atoms with E-state index in [1.807, 2.05) is 20.8 Å². The SMILES string of the molecule is CC(C)c1nc(C(=O)N2CCC(O)C(C)C2)n[nH]1. The highest BCUT2D eigenvalue weighted by atomic mass is 16.3. The number of likely N-dealkylation sites (tertiary alicyclic amines) is 1. The second-order valence-electron chi connectivity index (χ2n) is 5.28. The van der Waals surface area contributed by atoms with Crippen molar-refractivity contribution in [3.05, 3.63) is 11.6 Å². The molecule has 0 radical (unpaired) electrons. The number of aliphatic hydroxyl groups is 1. The molecule has 1 saturated heterocycles. The normalized spacial score (nSPS) is 24.6. The molecule has 1 aromatic heterocycles. The third-order valence-electron chi connectivity index (χ3n) is 3.39. The summed E-state index contributed by atoms with van der Waals surface area (Å²) in [6.45, 7) is 7.06. The first-order valence-electron chi connectivity index (χ1n) is 6.38. The third-order valence-corrected chi connectivity index (χ3v) is 3.39. The molecule has 0 saturated carbocycles. The Labute approximate surface area is 106 Å². The molecule has 6 nitrogen and oxygen atoms in total. The lowest BCUT2D eigenvalue weighted by Gasteiger charge is -2.33. The van der Waals surface area contributed by atoms with Crippen LogP contribution in [0.25, 0.3) is 0 Å². The smallest absolute Gasteiger partial charge is 0.293 e. The highest BCUT2D eigenvalue weighted by Gasteiger charge is 2.29. The van der Waals surface area contributed by atoms with Gasteiger partial charge in [0.1, 0.15) is 5.82 Å². The number of aromatic amines is 1. The fraction of sp³-hybridized carbons (Fsp3) is 0.750. The Hall–Kier alpha value is -1.43. The van der Waals surface area contributed by atoms with E-state index in [4.69, 9.17) is 0 Å². The number of hydrogen-bond donors (Lipinski definition) is 2. The molecule has 0 aliphatic carbocycles. The number of H-pyrrole nitrogens is 1. The van der Waals surface area contributed by atoms with Crippen molar-refractivity contribution in [2.45, 2.75) is 39.2 Å². The van der Waals surface area contributed by atoms with Crippen LogP contribution >= 0.6 is 0 Å². The van der Waals surface area contributed by atoms with Gasteiger partial charge in [0.15, 0.2) is 0 Å². The van der Waals surface area contributed by atoms with Gasteiger partial charge in [-0.25, -0.2) is 4.98 Å². The lowest BCUT2D eigenvalue weighted by Crippen LogP contribution is -2.45. The van der Waals surface area contributed by atoms with E-state index in [-0.39, 0.29) is 29.7 Å². The topological polar surface area (TPSA) is 82.1 Å². The zero-order chi connectivity index (χ0) is 13.3. The first-order valence-corrected chi connectivity index (χ1v) is 6.38. The monoisotopic (exact) mass is 252 g/mol. The van der Waals surface area contributed by atoms with Gasteiger partial charge >= 0.3 is 0 Å². The van der Waals surface area contributed by atoms with Gasteiger partial charge in [0, 0.05) is 19.0 Å². The van der Waals surface area contributed by atoms with Crippen molar-refractivity contribution in [3.63, 3.8) is 0 Å². The van der Waals surface area contributed by atoms with Gasteiger partial charge in [0.2, 0.25) is 5.82 Å². The molecular weight excluding hydrogens is 232 g/mol. The number of nitrogens with zero attached hydrogens (tertiary/aromatic N) is 3. The average Bonchev–Trinajstić information content (AvgIpc) is 2.81. The molecule has 1 amide bonds. The number of aliphatic hydroxyl groups excluding tert-OH is 1. The highest BCUT2D eigenvalue weighted by Crippen LogP contribution is 2.18. The summed E-state index contributed by atoms with van der Waals surface area (Å²) in [5, 5.41) is 16.4. The number of hydrogen-bond acceptors (Lipinski definition) is 4. The van der Waals surface area contributed by atoms with Gasteiger partial charge in [-0.3, -0.25) is 9.89 Å². The van der Waals surface area contributed by atoms with Crippen LogP contribution in [0.4, 0.5) is 0 Å². The Balaban J connectivity index is 2.06. The molecule has 100 valence electrons. The Morgan fingerprint density at radius 1 is 1.56 bits per heavy atom. The van der Waals surface area contributed by atoms with E-state index < -0.39 is 0 Å². The molecule has 2 heterocycles. The Bertz CT molecular complexity index is 429. The molecule has 2 rings (SSSR count). The Kier molecular flexibility index (Phi) is 3.65. The first kappa shape index (κ1) is 13.0. The predicted molar refractivity (Wildman–Crippen MR) is 66.2 cm³/mol. The van der Waals surface area contributed by atoms with Crippen molar-refractivity contribution in [2.75, 3.05) is 13.1 Å². The van der Waals surface area contributed by atoms with Crippen molar-refractivity contribution in [1.82, 2.24) is 20.1 Å². The summed E-state index contributed by atoms with van der Waals surface area (Å²) >= 11 is 0. The van der Waals surface area contributed by atoms with Crippen LogP contribution in [0.5, 0.6) is 0 Å². The van der Waals surface area contributed by atoms with E-state index >= 15 is 0 Å². The average molecular weight is 252 g/mol. The van der Waals surface area contributed by atoms with Crippen LogP contribution in [0.1, 0.15) is 49.6 Å². The molecule has 0 aromatic carbocycles. The minimum Gasteiger partial charge on any atom is -0.393 e. The Morgan fingerprint density at radius 3 is 2.83 bits per heavy atom. The number of rotatable bonds is 2. The molecule has 2 atom stereocenters. The summed E-state index contributed by atoms with van der Waals surface area (Å²) in [7, 11) is 0. The van der Waals surface area contributed by atoms with Gasteiger partial charge in [-0.1, -0.05) is 20.8 Å². The van der Waals surface area contributed by atoms with E-state index in [0.29, 0.717) is 19.5 Å². The van der Waals surface area contributed by atoms with Crippen LogP contribution in [0.15, 0.2) is 0 Å². The molecule has 1 aromatic rings. The highest BCUT2D eigenvalue weighted by molar-refractivity contribution is 5.90. The molecule has 0 spiro atoms. The summed E-state index contributed by atoms with van der Waals surface area (Å²) < 4.78 is 0. The van der Waals surface area contributed by atoms with Crippen molar-refractivity contribution in [3.8, 4) is 0 Å². The van der Waals surface area contributed by atoms with E-state index in [1.165, 1.54) is 0 Å². The molecule has 6 heteroatoms. The quantitative estimate of drug-likeness (QED) is 0.814. The maximum atomic E-state index is 12.2. The molecule has 18 heavy (non-hydrogen) atoms. The minimum atomic E-state index is -0.313. The minimum absolute atomic E-state index is 0.103. The lowest BCUT2D eigenvalue weighted by atomic mass is 9.97. The van der Waals surface area contributed by atoms with Gasteiger partial charge in [-0.05, 0) is 12.3 Å². The lowest BCUT2D eigenvalue weighted by molar-refractivity contribution is 0.0290. The molecule has 0 bridgehead atoms. The number of carbonyl (C=O) groups is 1. The summed E-state index contributed by atoms with van der Waals surface area (Å²) in [6, 6.07) is 0. The summed E-state index contributed by atoms with van der Waals surface area (Å²) in [5.41, 5.74) is 0. The fourth-order valence-corrected chi connectivity index (χ4v) is 2.09. The summed E-state index contributed by atoms with van der Waals surface area (Å²) in [6.07, 6.45) is 0.307. The molecule has 1 aliphatic rings. The number of nitrogens with one attached hydrogen (secondary N) is 1. The fourth-order valence-electron chi connectivity index (χ4n) is 2.09. The number of carbonyl (C=O) groups excluding carboxylic acids is 1. The molecule has 2 N–H and O–H groups in total. The van der Waals surface area contributed by atoms with Crippen LogP contribution in [0.3, 0.4) is 0 Å². The second-order valence-corrected chi connectivity index (χ2v) is 5.28. The summed E-state index contributed by atoms with van der Waals surface area (Å²) in [4.78, 5) is 18.1. The van der Waals surface area contributed by atoms with Gasteiger partial charge in [-0.2, -0.15) is 0 Å². The maximum absolute atomic E-state index is 12.2. The van der Waals surface area contributed by atoms with Crippen LogP contribution < -0.4 is 0 Å². The molecule has 2 unspecified atom stereocenters. The van der Waals surface area contributed by atoms with Crippen molar-refractivity contribution in [2.24, 2.45) is 5.92 Å². The zero-order valence-corrected chi connectivity index (χ0v) is 11.1. The van der Waals surface area contributed by atoms with Crippen LogP contribution in [-0.4, -0.2) is 50.3 Å². The third kappa shape index (κ3) is 2.53. The van der Waals surface area contributed by atoms with Gasteiger partial charge in [-0.15, -0.1) is 5.10 Å². The van der Waals surface area contributed by atoms with Gasteiger partial charge < -0.3 is 10.0 Å².